The summed E-state index contributed by atoms with van der Waals surface area (Å²) in [6.45, 7) is -0.0898. The SMILES string of the molecule is COc1ccc(N(C(=O)Cn2nnc3ccccc32)[C@@H](C(=O)NC2CCCC2)c2cccs2)cc1OC. The van der Waals surface area contributed by atoms with Gasteiger partial charge in [0, 0.05) is 22.7 Å². The van der Waals surface area contributed by atoms with Gasteiger partial charge < -0.3 is 14.8 Å². The van der Waals surface area contributed by atoms with Crippen LogP contribution in [0.1, 0.15) is 36.6 Å². The fourth-order valence-electron chi connectivity index (χ4n) is 4.82. The minimum Gasteiger partial charge on any atom is -0.493 e. The first-order valence-corrected chi connectivity index (χ1v) is 13.1. The second-order valence-electron chi connectivity index (χ2n) is 8.95. The first kappa shape index (κ1) is 24.8. The minimum absolute atomic E-state index is 0.0898. The molecule has 1 N–H and O–H groups in total. The van der Waals surface area contributed by atoms with Crippen molar-refractivity contribution in [1.29, 1.82) is 0 Å². The maximum absolute atomic E-state index is 14.1. The highest BCUT2D eigenvalue weighted by atomic mass is 32.1. The largest absolute Gasteiger partial charge is 0.493 e. The van der Waals surface area contributed by atoms with Crippen LogP contribution >= 0.6 is 11.3 Å². The van der Waals surface area contributed by atoms with Crippen molar-refractivity contribution in [2.45, 2.75) is 44.3 Å². The van der Waals surface area contributed by atoms with E-state index in [1.165, 1.54) is 16.2 Å². The summed E-state index contributed by atoms with van der Waals surface area (Å²) < 4.78 is 12.5. The van der Waals surface area contributed by atoms with Crippen LogP contribution in [0.15, 0.2) is 60.0 Å². The van der Waals surface area contributed by atoms with Gasteiger partial charge in [0.05, 0.1) is 19.7 Å². The maximum Gasteiger partial charge on any atom is 0.249 e. The summed E-state index contributed by atoms with van der Waals surface area (Å²) in [7, 11) is 3.10. The number of hydrogen-bond donors (Lipinski definition) is 1. The molecule has 10 heteroatoms. The van der Waals surface area contributed by atoms with E-state index in [0.29, 0.717) is 22.7 Å². The Kier molecular flexibility index (Phi) is 7.36. The van der Waals surface area contributed by atoms with Crippen molar-refractivity contribution in [2.75, 3.05) is 19.1 Å². The van der Waals surface area contributed by atoms with Crippen molar-refractivity contribution in [2.24, 2.45) is 0 Å². The van der Waals surface area contributed by atoms with Gasteiger partial charge in [0.1, 0.15) is 18.1 Å². The fraction of sp³-hybridized carbons (Fsp3) is 0.333. The van der Waals surface area contributed by atoms with E-state index in [2.05, 4.69) is 15.6 Å². The standard InChI is InChI=1S/C27H29N5O4S/c1-35-22-14-13-19(16-23(22)36-2)32(25(33)17-31-21-11-6-5-10-20(21)29-30-31)26(24-12-7-15-37-24)27(34)28-18-8-3-4-9-18/h5-7,10-16,18,26H,3-4,8-9,17H2,1-2H3,(H,28,34)/t26-/m1/s1. The minimum atomic E-state index is -0.860. The van der Waals surface area contributed by atoms with Gasteiger partial charge in [-0.25, -0.2) is 4.68 Å². The Hall–Kier alpha value is -3.92. The van der Waals surface area contributed by atoms with Crippen molar-refractivity contribution in [3.8, 4) is 11.5 Å². The van der Waals surface area contributed by atoms with Crippen molar-refractivity contribution in [1.82, 2.24) is 20.3 Å². The zero-order valence-electron chi connectivity index (χ0n) is 20.8. The quantitative estimate of drug-likeness (QED) is 0.353. The number of hydrogen-bond acceptors (Lipinski definition) is 7. The van der Waals surface area contributed by atoms with E-state index in [1.54, 1.807) is 37.1 Å². The monoisotopic (exact) mass is 519 g/mol. The van der Waals surface area contributed by atoms with Gasteiger partial charge in [0.2, 0.25) is 11.8 Å². The molecule has 37 heavy (non-hydrogen) atoms. The summed E-state index contributed by atoms with van der Waals surface area (Å²) in [6, 6.07) is 15.7. The fourth-order valence-corrected chi connectivity index (χ4v) is 5.63. The number of amides is 2. The molecule has 2 heterocycles. The molecule has 2 aromatic heterocycles. The van der Waals surface area contributed by atoms with Gasteiger partial charge in [0.15, 0.2) is 11.5 Å². The summed E-state index contributed by atoms with van der Waals surface area (Å²) in [4.78, 5) is 30.2. The molecule has 1 fully saturated rings. The zero-order chi connectivity index (χ0) is 25.8. The Balaban J connectivity index is 1.57. The third kappa shape index (κ3) is 5.15. The van der Waals surface area contributed by atoms with Crippen molar-refractivity contribution in [3.05, 3.63) is 64.9 Å². The number of benzene rings is 2. The van der Waals surface area contributed by atoms with Crippen LogP contribution in [0.3, 0.4) is 0 Å². The topological polar surface area (TPSA) is 98.6 Å². The Morgan fingerprint density at radius 1 is 1.08 bits per heavy atom. The maximum atomic E-state index is 14.1. The van der Waals surface area contributed by atoms with Crippen LogP contribution in [0.5, 0.6) is 11.5 Å². The Morgan fingerprint density at radius 3 is 2.59 bits per heavy atom. The summed E-state index contributed by atoms with van der Waals surface area (Å²) in [5.74, 6) is 0.484. The molecule has 2 amide bonds. The Labute approximate surface area is 219 Å². The lowest BCUT2D eigenvalue weighted by molar-refractivity contribution is -0.127. The molecule has 0 unspecified atom stereocenters. The highest BCUT2D eigenvalue weighted by Crippen LogP contribution is 2.37. The molecule has 4 aromatic rings. The lowest BCUT2D eigenvalue weighted by atomic mass is 10.1. The van der Waals surface area contributed by atoms with E-state index in [1.807, 2.05) is 41.8 Å². The number of carbonyl (C=O) groups is 2. The lowest BCUT2D eigenvalue weighted by Crippen LogP contribution is -2.47. The molecule has 0 saturated heterocycles. The van der Waals surface area contributed by atoms with Gasteiger partial charge in [-0.3, -0.25) is 14.5 Å². The van der Waals surface area contributed by atoms with Crippen LogP contribution in [-0.4, -0.2) is 47.1 Å². The third-order valence-corrected chi connectivity index (χ3v) is 7.56. The zero-order valence-corrected chi connectivity index (χ0v) is 21.6. The van der Waals surface area contributed by atoms with E-state index in [0.717, 1.165) is 36.1 Å². The van der Waals surface area contributed by atoms with Gasteiger partial charge in [-0.15, -0.1) is 16.4 Å². The lowest BCUT2D eigenvalue weighted by Gasteiger charge is -2.32. The second kappa shape index (κ2) is 11.0. The number of fused-ring (bicyclic) bond motifs is 1. The Morgan fingerprint density at radius 2 is 1.86 bits per heavy atom. The molecule has 1 aliphatic carbocycles. The van der Waals surface area contributed by atoms with Crippen molar-refractivity contribution >= 4 is 39.9 Å². The molecule has 0 aliphatic heterocycles. The van der Waals surface area contributed by atoms with Gasteiger partial charge in [-0.05, 0) is 48.6 Å². The molecule has 0 spiro atoms. The molecule has 1 aliphatic rings. The number of nitrogens with one attached hydrogen (secondary N) is 1. The Bertz CT molecular complexity index is 1380. The summed E-state index contributed by atoms with van der Waals surface area (Å²) >= 11 is 1.44. The number of aromatic nitrogens is 3. The number of rotatable bonds is 9. The van der Waals surface area contributed by atoms with Gasteiger partial charge in [-0.1, -0.05) is 36.3 Å². The van der Waals surface area contributed by atoms with Crippen LogP contribution in [0, 0.1) is 0 Å². The summed E-state index contributed by atoms with van der Waals surface area (Å²) in [5, 5.41) is 13.5. The van der Waals surface area contributed by atoms with E-state index in [4.69, 9.17) is 9.47 Å². The predicted octanol–water partition coefficient (Wildman–Crippen LogP) is 4.34. The third-order valence-electron chi connectivity index (χ3n) is 6.64. The first-order chi connectivity index (χ1) is 18.1. The van der Waals surface area contributed by atoms with E-state index in [9.17, 15) is 9.59 Å². The smallest absolute Gasteiger partial charge is 0.249 e. The molecule has 0 radical (unpaired) electrons. The molecular formula is C27H29N5O4S. The normalized spacial score (nSPS) is 14.4. The van der Waals surface area contributed by atoms with Crippen LogP contribution in [0.2, 0.25) is 0 Å². The molecule has 1 atom stereocenters. The number of nitrogens with zero attached hydrogens (tertiary/aromatic N) is 4. The van der Waals surface area contributed by atoms with Crippen LogP contribution < -0.4 is 19.7 Å². The summed E-state index contributed by atoms with van der Waals surface area (Å²) in [6.07, 6.45) is 4.06. The van der Waals surface area contributed by atoms with E-state index < -0.39 is 6.04 Å². The van der Waals surface area contributed by atoms with Crippen molar-refractivity contribution in [3.63, 3.8) is 0 Å². The average molecular weight is 520 g/mol. The van der Waals surface area contributed by atoms with Gasteiger partial charge in [-0.2, -0.15) is 0 Å². The van der Waals surface area contributed by atoms with E-state index in [-0.39, 0.29) is 24.4 Å². The molecule has 5 rings (SSSR count). The predicted molar refractivity (Wildman–Crippen MR) is 142 cm³/mol. The number of carbonyl (C=O) groups excluding carboxylic acids is 2. The second-order valence-corrected chi connectivity index (χ2v) is 9.93. The number of anilines is 1. The number of methoxy groups -OCH3 is 2. The molecule has 1 saturated carbocycles. The number of para-hydroxylation sites is 1. The number of ether oxygens (including phenoxy) is 2. The summed E-state index contributed by atoms with van der Waals surface area (Å²) in [5.41, 5.74) is 1.96. The average Bonchev–Trinajstić information content (AvgIpc) is 3.70. The first-order valence-electron chi connectivity index (χ1n) is 12.2. The van der Waals surface area contributed by atoms with Gasteiger partial charge in [0.25, 0.3) is 0 Å². The van der Waals surface area contributed by atoms with Gasteiger partial charge >= 0.3 is 0 Å². The van der Waals surface area contributed by atoms with Crippen LogP contribution in [0.25, 0.3) is 11.0 Å². The van der Waals surface area contributed by atoms with Crippen molar-refractivity contribution < 1.29 is 19.1 Å². The molecule has 2 aromatic carbocycles. The highest BCUT2D eigenvalue weighted by molar-refractivity contribution is 7.10. The molecular weight excluding hydrogens is 490 g/mol. The molecule has 0 bridgehead atoms. The number of thiophene rings is 1. The molecule has 9 nitrogen and oxygen atoms in total. The highest BCUT2D eigenvalue weighted by Gasteiger charge is 2.35. The molecule has 192 valence electrons. The van der Waals surface area contributed by atoms with Crippen LogP contribution in [-0.2, 0) is 16.1 Å². The van der Waals surface area contributed by atoms with Crippen LogP contribution in [0.4, 0.5) is 5.69 Å². The van der Waals surface area contributed by atoms with E-state index >= 15 is 0 Å².